The molecule has 2 heterocycles. The summed E-state index contributed by atoms with van der Waals surface area (Å²) in [5, 5.41) is 18.0. The molecule has 2 aliphatic heterocycles. The summed E-state index contributed by atoms with van der Waals surface area (Å²) in [5.74, 6) is 1.73. The minimum atomic E-state index is -0.0949. The van der Waals surface area contributed by atoms with E-state index in [4.69, 9.17) is 28.3 Å². The van der Waals surface area contributed by atoms with Gasteiger partial charge in [-0.3, -0.25) is 15.2 Å². The molecule has 2 aromatic carbocycles. The predicted molar refractivity (Wildman–Crippen MR) is 125 cm³/mol. The molecule has 31 heavy (non-hydrogen) atoms. The third-order valence-corrected chi connectivity index (χ3v) is 6.53. The van der Waals surface area contributed by atoms with Crippen LogP contribution in [-0.4, -0.2) is 41.4 Å². The van der Waals surface area contributed by atoms with Gasteiger partial charge in [-0.05, 0) is 55.0 Å². The highest BCUT2D eigenvalue weighted by Gasteiger charge is 2.37. The summed E-state index contributed by atoms with van der Waals surface area (Å²) in [4.78, 5) is 12.5. The average Bonchev–Trinajstić information content (AvgIpc) is 3.45. The van der Waals surface area contributed by atoms with Gasteiger partial charge in [-0.1, -0.05) is 47.8 Å². The van der Waals surface area contributed by atoms with E-state index in [2.05, 4.69) is 15.5 Å². The number of phenols is 1. The fourth-order valence-electron chi connectivity index (χ4n) is 4.44. The lowest BCUT2D eigenvalue weighted by atomic mass is 10.0. The Morgan fingerprint density at radius 2 is 1.77 bits per heavy atom. The van der Waals surface area contributed by atoms with E-state index in [0.29, 0.717) is 34.5 Å². The first kappa shape index (κ1) is 21.9. The summed E-state index contributed by atoms with van der Waals surface area (Å²) in [6, 6.07) is 14.0. The molecule has 6 nitrogen and oxygen atoms in total. The predicted octanol–water partition coefficient (Wildman–Crippen LogP) is 4.71. The highest BCUT2D eigenvalue weighted by molar-refractivity contribution is 6.40. The smallest absolute Gasteiger partial charge is 0.281 e. The van der Waals surface area contributed by atoms with E-state index in [1.165, 1.54) is 19.3 Å². The fraction of sp³-hybridized carbons (Fsp3) is 0.391. The Morgan fingerprint density at radius 1 is 1.06 bits per heavy atom. The highest BCUT2D eigenvalue weighted by Crippen LogP contribution is 2.37. The van der Waals surface area contributed by atoms with Gasteiger partial charge in [-0.15, -0.1) is 0 Å². The number of hydrazone groups is 1. The van der Waals surface area contributed by atoms with Gasteiger partial charge in [0.1, 0.15) is 11.5 Å². The summed E-state index contributed by atoms with van der Waals surface area (Å²) in [5.41, 5.74) is 4.36. The van der Waals surface area contributed by atoms with Crippen molar-refractivity contribution in [1.82, 2.24) is 10.4 Å². The van der Waals surface area contributed by atoms with Crippen LogP contribution in [0.4, 0.5) is 5.69 Å². The third kappa shape index (κ3) is 5.50. The van der Waals surface area contributed by atoms with Gasteiger partial charge in [0.2, 0.25) is 0 Å². The van der Waals surface area contributed by atoms with Crippen LogP contribution in [0.3, 0.4) is 0 Å². The van der Waals surface area contributed by atoms with Gasteiger partial charge < -0.3 is 5.11 Å². The maximum atomic E-state index is 12.5. The van der Waals surface area contributed by atoms with Crippen molar-refractivity contribution in [2.45, 2.75) is 25.7 Å². The number of phenolic OH excluding ortho intramolecular Hbond substituents is 1. The lowest BCUT2D eigenvalue weighted by molar-refractivity contribution is -0.119. The number of aromatic hydroxyl groups is 1. The van der Waals surface area contributed by atoms with Crippen LogP contribution in [-0.2, 0) is 4.79 Å². The number of nitrogens with one attached hydrogen (secondary N) is 1. The standard InChI is InChI=1S/C17H20Cl2N4O.C6H6O/c18-13-4-5-16(14(19)8-13)23-7-6-15(20-23)17(24)21-22-9-11-2-1-3-12(11)10-22;7-6-4-2-1-3-5-6/h4-5,8,11-12H,1-3,6-7,9-10H2,(H,21,24);1-5,7H. The number of carbonyl (C=O) groups is 1. The molecule has 0 bridgehead atoms. The van der Waals surface area contributed by atoms with Crippen molar-refractivity contribution in [3.05, 3.63) is 58.6 Å². The monoisotopic (exact) mass is 460 g/mol. The lowest BCUT2D eigenvalue weighted by Crippen LogP contribution is -2.44. The molecule has 2 aromatic rings. The molecule has 164 valence electrons. The second kappa shape index (κ2) is 9.90. The summed E-state index contributed by atoms with van der Waals surface area (Å²) in [7, 11) is 0. The molecule has 8 heteroatoms. The molecule has 2 unspecified atom stereocenters. The van der Waals surface area contributed by atoms with E-state index in [0.717, 1.165) is 30.6 Å². The van der Waals surface area contributed by atoms with Gasteiger partial charge in [0.25, 0.3) is 5.91 Å². The molecule has 2 N–H and O–H groups in total. The zero-order valence-corrected chi connectivity index (χ0v) is 18.7. The topological polar surface area (TPSA) is 68.2 Å². The fourth-order valence-corrected chi connectivity index (χ4v) is 4.95. The van der Waals surface area contributed by atoms with E-state index < -0.39 is 0 Å². The van der Waals surface area contributed by atoms with Crippen molar-refractivity contribution in [2.24, 2.45) is 16.9 Å². The largest absolute Gasteiger partial charge is 0.508 e. The zero-order valence-electron chi connectivity index (χ0n) is 17.2. The van der Waals surface area contributed by atoms with Crippen LogP contribution in [0.25, 0.3) is 0 Å². The molecule has 3 aliphatic rings. The number of halogens is 2. The first-order valence-corrected chi connectivity index (χ1v) is 11.3. The van der Waals surface area contributed by atoms with Gasteiger partial charge in [0.05, 0.1) is 10.7 Å². The van der Waals surface area contributed by atoms with E-state index in [-0.39, 0.29) is 5.91 Å². The number of nitrogens with zero attached hydrogens (tertiary/aromatic N) is 3. The number of amides is 1. The first-order valence-electron chi connectivity index (χ1n) is 10.6. The molecule has 1 amide bonds. The van der Waals surface area contributed by atoms with E-state index >= 15 is 0 Å². The van der Waals surface area contributed by atoms with E-state index in [9.17, 15) is 4.79 Å². The quantitative estimate of drug-likeness (QED) is 0.695. The van der Waals surface area contributed by atoms with Crippen LogP contribution in [0, 0.1) is 11.8 Å². The lowest BCUT2D eigenvalue weighted by Gasteiger charge is -2.18. The number of para-hydroxylation sites is 1. The van der Waals surface area contributed by atoms with Crippen molar-refractivity contribution >= 4 is 40.5 Å². The van der Waals surface area contributed by atoms with E-state index in [1.807, 2.05) is 12.1 Å². The second-order valence-electron chi connectivity index (χ2n) is 8.15. The van der Waals surface area contributed by atoms with Crippen molar-refractivity contribution in [3.63, 3.8) is 0 Å². The van der Waals surface area contributed by atoms with Gasteiger partial charge in [0, 0.05) is 31.1 Å². The Balaban J connectivity index is 0.000000282. The number of hydrazine groups is 1. The molecule has 1 saturated heterocycles. The number of rotatable bonds is 3. The zero-order chi connectivity index (χ0) is 21.8. The Morgan fingerprint density at radius 3 is 2.39 bits per heavy atom. The second-order valence-corrected chi connectivity index (χ2v) is 8.99. The Bertz CT molecular complexity index is 942. The van der Waals surface area contributed by atoms with Crippen molar-refractivity contribution in [2.75, 3.05) is 24.6 Å². The molecular formula is C23H26Cl2N4O2. The van der Waals surface area contributed by atoms with Crippen LogP contribution >= 0.6 is 23.2 Å². The number of fused-ring (bicyclic) bond motifs is 1. The van der Waals surface area contributed by atoms with Crippen molar-refractivity contribution in [3.8, 4) is 5.75 Å². The normalized spacial score (nSPS) is 22.5. The van der Waals surface area contributed by atoms with Gasteiger partial charge >= 0.3 is 0 Å². The minimum Gasteiger partial charge on any atom is -0.508 e. The Labute approximate surface area is 192 Å². The molecule has 1 aliphatic carbocycles. The van der Waals surface area contributed by atoms with Crippen LogP contribution in [0.1, 0.15) is 25.7 Å². The summed E-state index contributed by atoms with van der Waals surface area (Å²) in [6.45, 7) is 2.59. The number of hydrogen-bond acceptors (Lipinski definition) is 5. The average molecular weight is 461 g/mol. The van der Waals surface area contributed by atoms with Crippen LogP contribution in [0.2, 0.25) is 10.0 Å². The molecular weight excluding hydrogens is 435 g/mol. The minimum absolute atomic E-state index is 0.0949. The number of carbonyl (C=O) groups excluding carboxylic acids is 1. The van der Waals surface area contributed by atoms with Crippen molar-refractivity contribution in [1.29, 1.82) is 0 Å². The van der Waals surface area contributed by atoms with Gasteiger partial charge in [-0.2, -0.15) is 5.10 Å². The highest BCUT2D eigenvalue weighted by atomic mass is 35.5. The molecule has 1 saturated carbocycles. The molecule has 5 rings (SSSR count). The summed E-state index contributed by atoms with van der Waals surface area (Å²) < 4.78 is 0. The molecule has 0 spiro atoms. The Kier molecular flexibility index (Phi) is 7.00. The van der Waals surface area contributed by atoms with Crippen molar-refractivity contribution < 1.29 is 9.90 Å². The number of anilines is 1. The van der Waals surface area contributed by atoms with Crippen LogP contribution < -0.4 is 10.4 Å². The Hall–Kier alpha value is -2.28. The number of hydrogen-bond donors (Lipinski definition) is 2. The molecule has 2 fully saturated rings. The number of benzene rings is 2. The molecule has 0 radical (unpaired) electrons. The first-order chi connectivity index (χ1) is 15.0. The third-order valence-electron chi connectivity index (χ3n) is 5.99. The van der Waals surface area contributed by atoms with Crippen LogP contribution in [0.5, 0.6) is 5.75 Å². The summed E-state index contributed by atoms with van der Waals surface area (Å²) in [6.07, 6.45) is 4.54. The molecule has 0 aromatic heterocycles. The SMILES string of the molecule is O=C(NN1CC2CCCC2C1)C1=NN(c2ccc(Cl)cc2Cl)CC1.Oc1ccccc1. The maximum Gasteiger partial charge on any atom is 0.281 e. The maximum absolute atomic E-state index is 12.5. The summed E-state index contributed by atoms with van der Waals surface area (Å²) >= 11 is 12.2. The van der Waals surface area contributed by atoms with Crippen LogP contribution in [0.15, 0.2) is 53.6 Å². The van der Waals surface area contributed by atoms with E-state index in [1.54, 1.807) is 41.4 Å². The van der Waals surface area contributed by atoms with Gasteiger partial charge in [-0.25, -0.2) is 5.01 Å². The van der Waals surface area contributed by atoms with Gasteiger partial charge in [0.15, 0.2) is 0 Å². The molecule has 2 atom stereocenters.